The molecule has 17 heavy (non-hydrogen) atoms. The zero-order chi connectivity index (χ0) is 13.2. The zero-order valence-corrected chi connectivity index (χ0v) is 11.4. The number of nitro groups is 1. The first kappa shape index (κ1) is 14.1. The molecule has 0 amide bonds. The van der Waals surface area contributed by atoms with E-state index in [4.69, 9.17) is 23.2 Å². The fraction of sp³-hybridized carbons (Fsp3) is 0.455. The lowest BCUT2D eigenvalue weighted by Gasteiger charge is -2.25. The second kappa shape index (κ2) is 5.10. The van der Waals surface area contributed by atoms with Gasteiger partial charge in [0.15, 0.2) is 0 Å². The lowest BCUT2D eigenvalue weighted by atomic mass is 10.0. The van der Waals surface area contributed by atoms with Crippen molar-refractivity contribution in [1.29, 1.82) is 0 Å². The maximum absolute atomic E-state index is 10.9. The molecule has 4 nitrogen and oxygen atoms in total. The van der Waals surface area contributed by atoms with Crippen molar-refractivity contribution in [1.82, 2.24) is 0 Å². The number of anilines is 1. The van der Waals surface area contributed by atoms with Gasteiger partial charge in [-0.1, -0.05) is 30.1 Å². The van der Waals surface area contributed by atoms with Gasteiger partial charge in [-0.25, -0.2) is 0 Å². The molecule has 0 spiro atoms. The monoisotopic (exact) mass is 276 g/mol. The largest absolute Gasteiger partial charge is 0.375 e. The molecule has 1 N–H and O–H groups in total. The highest BCUT2D eigenvalue weighted by Crippen LogP contribution is 2.35. The van der Waals surface area contributed by atoms with Crippen LogP contribution >= 0.6 is 23.2 Å². The standard InChI is InChI=1S/C11H14Cl2N2O2/c1-4-11(2,3)14-9-5-7(12)8(13)6-10(9)15(16)17/h5-6,14H,4H2,1-3H3. The fourth-order valence-corrected chi connectivity index (χ4v) is 1.56. The first-order valence-electron chi connectivity index (χ1n) is 5.18. The van der Waals surface area contributed by atoms with Gasteiger partial charge in [-0.2, -0.15) is 0 Å². The molecule has 0 radical (unpaired) electrons. The Morgan fingerprint density at radius 1 is 1.35 bits per heavy atom. The summed E-state index contributed by atoms with van der Waals surface area (Å²) in [6, 6.07) is 2.75. The van der Waals surface area contributed by atoms with Crippen LogP contribution in [0.4, 0.5) is 11.4 Å². The van der Waals surface area contributed by atoms with Gasteiger partial charge in [0.05, 0.1) is 15.0 Å². The molecular formula is C11H14Cl2N2O2. The van der Waals surface area contributed by atoms with Gasteiger partial charge in [0, 0.05) is 11.6 Å². The van der Waals surface area contributed by atoms with E-state index in [1.165, 1.54) is 12.1 Å². The predicted octanol–water partition coefficient (Wildman–Crippen LogP) is 4.50. The maximum Gasteiger partial charge on any atom is 0.293 e. The molecule has 0 unspecified atom stereocenters. The molecule has 0 aliphatic heterocycles. The van der Waals surface area contributed by atoms with E-state index >= 15 is 0 Å². The van der Waals surface area contributed by atoms with Crippen LogP contribution in [0.15, 0.2) is 12.1 Å². The summed E-state index contributed by atoms with van der Waals surface area (Å²) in [5, 5.41) is 14.5. The molecule has 1 aromatic rings. The van der Waals surface area contributed by atoms with Gasteiger partial charge in [-0.3, -0.25) is 10.1 Å². The molecule has 0 bridgehead atoms. The summed E-state index contributed by atoms with van der Waals surface area (Å²) in [6.45, 7) is 5.91. The van der Waals surface area contributed by atoms with E-state index in [0.29, 0.717) is 10.7 Å². The first-order chi connectivity index (χ1) is 7.76. The van der Waals surface area contributed by atoms with Crippen molar-refractivity contribution in [3.63, 3.8) is 0 Å². The molecular weight excluding hydrogens is 263 g/mol. The van der Waals surface area contributed by atoms with Crippen molar-refractivity contribution in [2.45, 2.75) is 32.7 Å². The Morgan fingerprint density at radius 3 is 2.35 bits per heavy atom. The predicted molar refractivity (Wildman–Crippen MR) is 71.1 cm³/mol. The highest BCUT2D eigenvalue weighted by Gasteiger charge is 2.22. The third kappa shape index (κ3) is 3.48. The van der Waals surface area contributed by atoms with E-state index in [1.807, 2.05) is 20.8 Å². The van der Waals surface area contributed by atoms with Crippen LogP contribution in [0.5, 0.6) is 0 Å². The highest BCUT2D eigenvalue weighted by atomic mass is 35.5. The number of hydrogen-bond acceptors (Lipinski definition) is 3. The van der Waals surface area contributed by atoms with Crippen molar-refractivity contribution in [2.24, 2.45) is 0 Å². The topological polar surface area (TPSA) is 55.2 Å². The average Bonchev–Trinajstić information content (AvgIpc) is 2.22. The van der Waals surface area contributed by atoms with Crippen LogP contribution in [-0.4, -0.2) is 10.5 Å². The van der Waals surface area contributed by atoms with Gasteiger partial charge < -0.3 is 5.32 Å². The Hall–Kier alpha value is -1.00. The molecule has 0 aromatic heterocycles. The van der Waals surface area contributed by atoms with Crippen molar-refractivity contribution in [3.8, 4) is 0 Å². The molecule has 0 aliphatic rings. The molecule has 94 valence electrons. The van der Waals surface area contributed by atoms with Gasteiger partial charge in [0.25, 0.3) is 5.69 Å². The molecule has 0 saturated carbocycles. The smallest absolute Gasteiger partial charge is 0.293 e. The van der Waals surface area contributed by atoms with Crippen molar-refractivity contribution >= 4 is 34.6 Å². The van der Waals surface area contributed by atoms with E-state index in [2.05, 4.69) is 5.32 Å². The molecule has 0 aliphatic carbocycles. The second-order valence-electron chi connectivity index (χ2n) is 4.40. The molecule has 6 heteroatoms. The van der Waals surface area contributed by atoms with Crippen LogP contribution in [0.1, 0.15) is 27.2 Å². The number of rotatable bonds is 4. The molecule has 0 saturated heterocycles. The van der Waals surface area contributed by atoms with Gasteiger partial charge in [-0.15, -0.1) is 0 Å². The minimum Gasteiger partial charge on any atom is -0.375 e. The van der Waals surface area contributed by atoms with Gasteiger partial charge in [0.2, 0.25) is 0 Å². The Kier molecular flexibility index (Phi) is 4.22. The summed E-state index contributed by atoms with van der Waals surface area (Å²) in [5.41, 5.74) is 0.0687. The van der Waals surface area contributed by atoms with Crippen LogP contribution in [0.2, 0.25) is 10.0 Å². The number of hydrogen-bond donors (Lipinski definition) is 1. The normalized spacial score (nSPS) is 11.4. The average molecular weight is 277 g/mol. The minimum absolute atomic E-state index is 0.0686. The summed E-state index contributed by atoms with van der Waals surface area (Å²) in [6.07, 6.45) is 0.824. The summed E-state index contributed by atoms with van der Waals surface area (Å²) >= 11 is 11.6. The SMILES string of the molecule is CCC(C)(C)Nc1cc(Cl)c(Cl)cc1[N+](=O)[O-]. The van der Waals surface area contributed by atoms with Crippen LogP contribution in [-0.2, 0) is 0 Å². The van der Waals surface area contributed by atoms with Gasteiger partial charge in [-0.05, 0) is 26.3 Å². The van der Waals surface area contributed by atoms with E-state index in [-0.39, 0.29) is 16.2 Å². The molecule has 0 heterocycles. The third-order valence-corrected chi connectivity index (χ3v) is 3.31. The van der Waals surface area contributed by atoms with Crippen LogP contribution in [0, 0.1) is 10.1 Å². The lowest BCUT2D eigenvalue weighted by molar-refractivity contribution is -0.384. The van der Waals surface area contributed by atoms with E-state index in [0.717, 1.165) is 6.42 Å². The third-order valence-electron chi connectivity index (χ3n) is 2.59. The second-order valence-corrected chi connectivity index (χ2v) is 5.22. The minimum atomic E-state index is -0.476. The Morgan fingerprint density at radius 2 is 1.88 bits per heavy atom. The quantitative estimate of drug-likeness (QED) is 0.651. The zero-order valence-electron chi connectivity index (χ0n) is 9.88. The van der Waals surface area contributed by atoms with Crippen LogP contribution in [0.25, 0.3) is 0 Å². The molecule has 1 aromatic carbocycles. The first-order valence-corrected chi connectivity index (χ1v) is 5.94. The van der Waals surface area contributed by atoms with Gasteiger partial charge in [0.1, 0.15) is 5.69 Å². The molecule has 0 atom stereocenters. The molecule has 1 rings (SSSR count). The summed E-state index contributed by atoms with van der Waals surface area (Å²) in [5.74, 6) is 0. The number of halogens is 2. The number of nitrogens with zero attached hydrogens (tertiary/aromatic N) is 1. The Balaban J connectivity index is 3.22. The van der Waals surface area contributed by atoms with Gasteiger partial charge >= 0.3 is 0 Å². The van der Waals surface area contributed by atoms with E-state index < -0.39 is 4.92 Å². The van der Waals surface area contributed by atoms with Crippen LogP contribution < -0.4 is 5.32 Å². The van der Waals surface area contributed by atoms with Crippen LogP contribution in [0.3, 0.4) is 0 Å². The maximum atomic E-state index is 10.9. The number of nitro benzene ring substituents is 1. The van der Waals surface area contributed by atoms with Crippen molar-refractivity contribution in [2.75, 3.05) is 5.32 Å². The van der Waals surface area contributed by atoms with E-state index in [9.17, 15) is 10.1 Å². The highest BCUT2D eigenvalue weighted by molar-refractivity contribution is 6.42. The number of nitrogens with one attached hydrogen (secondary N) is 1. The summed E-state index contributed by atoms with van der Waals surface area (Å²) < 4.78 is 0. The summed E-state index contributed by atoms with van der Waals surface area (Å²) in [4.78, 5) is 10.4. The van der Waals surface area contributed by atoms with Crippen molar-refractivity contribution < 1.29 is 4.92 Å². The Bertz CT molecular complexity index is 447. The molecule has 0 fully saturated rings. The number of benzene rings is 1. The lowest BCUT2D eigenvalue weighted by Crippen LogP contribution is -2.29. The summed E-state index contributed by atoms with van der Waals surface area (Å²) in [7, 11) is 0. The Labute approximate surface area is 110 Å². The van der Waals surface area contributed by atoms with Crippen molar-refractivity contribution in [3.05, 3.63) is 32.3 Å². The van der Waals surface area contributed by atoms with E-state index in [1.54, 1.807) is 0 Å². The fourth-order valence-electron chi connectivity index (χ4n) is 1.24.